The van der Waals surface area contributed by atoms with Gasteiger partial charge in [0, 0.05) is 62.1 Å². The van der Waals surface area contributed by atoms with E-state index in [1.54, 1.807) is 6.20 Å². The molecule has 0 bridgehead atoms. The topological polar surface area (TPSA) is 40.8 Å². The average Bonchev–Trinajstić information content (AvgIpc) is 1.81. The smallest absolute Gasteiger partial charge is 0.268 e. The van der Waals surface area contributed by atoms with Crippen LogP contribution in [0.2, 0.25) is 0 Å². The van der Waals surface area contributed by atoms with E-state index in [4.69, 9.17) is 13.8 Å². The minimum Gasteiger partial charge on any atom is -0.510 e. The molecule has 13 aromatic rings. The minimum absolute atomic E-state index is 0. The second-order valence-electron chi connectivity index (χ2n) is 24.0. The standard InChI is InChI=1S/C74H65N5O.Pt/c1-48(72(2,3)4)50-38-39-75-70(42-50)79-66-37-34-55(78-64-30-16-14-26-60(64)61-27-15-17-31-65(61)78)45-63(66)62-36-35-57(46-69(62)79)80-56-25-20-24-54(44-56)76-47-77(68-33-19-18-32-67(68)76)71-58(49-22-12-11-13-23-49)28-21-29-59(71)51-40-52(73(5,6)7)43-53(41-51)74(8,9)10;/h11-43,45,48H,1-10H3;/q-2;/i11D,12D,13D,22D,23D,48D;. The van der Waals surface area contributed by atoms with E-state index in [0.29, 0.717) is 34.3 Å². The van der Waals surface area contributed by atoms with Gasteiger partial charge in [0.15, 0.2) is 0 Å². The fourth-order valence-electron chi connectivity index (χ4n) is 11.2. The molecule has 0 saturated carbocycles. The molecule has 0 aliphatic rings. The number of hydrogen-bond acceptors (Lipinski definition) is 2. The van der Waals surface area contributed by atoms with Gasteiger partial charge in [-0.05, 0) is 115 Å². The minimum atomic E-state index is -0.933. The van der Waals surface area contributed by atoms with Gasteiger partial charge in [0.2, 0.25) is 0 Å². The van der Waals surface area contributed by atoms with Gasteiger partial charge < -0.3 is 18.4 Å². The fraction of sp³-hybridized carbons (Fsp3) is 0.189. The fourth-order valence-corrected chi connectivity index (χ4v) is 11.2. The van der Waals surface area contributed by atoms with E-state index in [-0.39, 0.29) is 55.0 Å². The molecular formula is C74H65N5OPt-2. The van der Waals surface area contributed by atoms with Crippen molar-refractivity contribution in [1.82, 2.24) is 18.7 Å². The second kappa shape index (κ2) is 20.3. The Hall–Kier alpha value is -8.31. The molecule has 4 aromatic heterocycles. The third-order valence-corrected chi connectivity index (χ3v) is 15.8. The number of fused-ring (bicyclic) bond motifs is 7. The Labute approximate surface area is 498 Å². The van der Waals surface area contributed by atoms with Gasteiger partial charge in [-0.3, -0.25) is 4.57 Å². The Morgan fingerprint density at radius 1 is 0.556 bits per heavy atom. The van der Waals surface area contributed by atoms with Gasteiger partial charge in [0.25, 0.3) is 6.33 Å². The summed E-state index contributed by atoms with van der Waals surface area (Å²) in [6.45, 7) is 21.4. The first-order valence-electron chi connectivity index (χ1n) is 30.4. The molecule has 9 aromatic carbocycles. The van der Waals surface area contributed by atoms with Crippen LogP contribution in [0.4, 0.5) is 0 Å². The van der Waals surface area contributed by atoms with Crippen molar-refractivity contribution in [2.24, 2.45) is 5.41 Å². The molecule has 1 atom stereocenters. The number of rotatable bonds is 9. The molecule has 0 aliphatic carbocycles. The number of para-hydroxylation sites is 5. The summed E-state index contributed by atoms with van der Waals surface area (Å²) < 4.78 is 69.5. The predicted octanol–water partition coefficient (Wildman–Crippen LogP) is 18.8. The van der Waals surface area contributed by atoms with Crippen molar-refractivity contribution in [3.63, 3.8) is 0 Å². The molecule has 7 heteroatoms. The van der Waals surface area contributed by atoms with Crippen molar-refractivity contribution in [3.05, 3.63) is 241 Å². The van der Waals surface area contributed by atoms with Crippen molar-refractivity contribution >= 4 is 54.6 Å². The molecule has 0 saturated heterocycles. The number of aromatic nitrogens is 5. The summed E-state index contributed by atoms with van der Waals surface area (Å²) in [6, 6.07) is 63.1. The number of benzene rings is 9. The summed E-state index contributed by atoms with van der Waals surface area (Å²) >= 11 is 0. The van der Waals surface area contributed by atoms with Crippen LogP contribution in [0.1, 0.15) is 100 Å². The molecule has 0 radical (unpaired) electrons. The maximum atomic E-state index is 9.60. The largest absolute Gasteiger partial charge is 0.510 e. The zero-order valence-corrected chi connectivity index (χ0v) is 49.5. The van der Waals surface area contributed by atoms with Gasteiger partial charge >= 0.3 is 0 Å². The summed E-state index contributed by atoms with van der Waals surface area (Å²) in [5.41, 5.74) is 12.3. The van der Waals surface area contributed by atoms with E-state index in [1.807, 2.05) is 94.9 Å². The maximum Gasteiger partial charge on any atom is 0.268 e. The Kier molecular flexibility index (Phi) is 11.7. The van der Waals surface area contributed by atoms with E-state index >= 15 is 0 Å². The van der Waals surface area contributed by atoms with Crippen LogP contribution in [-0.4, -0.2) is 18.7 Å². The van der Waals surface area contributed by atoms with E-state index in [2.05, 4.69) is 181 Å². The van der Waals surface area contributed by atoms with E-state index in [1.165, 1.54) is 10.8 Å². The van der Waals surface area contributed by atoms with Crippen LogP contribution >= 0.6 is 0 Å². The maximum absolute atomic E-state index is 9.60. The molecule has 0 spiro atoms. The molecule has 0 aliphatic heterocycles. The number of ether oxygens (including phenoxy) is 1. The Balaban J connectivity index is 0.00000739. The quantitative estimate of drug-likeness (QED) is 0.107. The molecule has 0 fully saturated rings. The van der Waals surface area contributed by atoms with Crippen LogP contribution in [0.3, 0.4) is 0 Å². The number of hydrogen-bond donors (Lipinski definition) is 0. The summed E-state index contributed by atoms with van der Waals surface area (Å²) in [6.07, 6.45) is 5.48. The molecule has 1 unspecified atom stereocenters. The zero-order valence-electron chi connectivity index (χ0n) is 53.2. The average molecular weight is 1240 g/mol. The van der Waals surface area contributed by atoms with Crippen molar-refractivity contribution in [1.29, 1.82) is 0 Å². The van der Waals surface area contributed by atoms with E-state index < -0.39 is 24.0 Å². The van der Waals surface area contributed by atoms with Crippen molar-refractivity contribution < 1.29 is 38.6 Å². The first kappa shape index (κ1) is 46.4. The van der Waals surface area contributed by atoms with Crippen LogP contribution in [0.15, 0.2) is 206 Å². The normalized spacial score (nSPS) is 14.1. The summed E-state index contributed by atoms with van der Waals surface area (Å²) in [5.74, 6) is 0.608. The number of pyridine rings is 1. The summed E-state index contributed by atoms with van der Waals surface area (Å²) in [5, 5.41) is 4.32. The van der Waals surface area contributed by atoms with Gasteiger partial charge in [-0.15, -0.1) is 29.7 Å². The van der Waals surface area contributed by atoms with Crippen LogP contribution in [0.25, 0.3) is 99.8 Å². The first-order valence-corrected chi connectivity index (χ1v) is 27.4. The number of nitrogens with zero attached hydrogens (tertiary/aromatic N) is 5. The molecule has 4 heterocycles. The molecular weight excluding hydrogens is 1170 g/mol. The molecule has 404 valence electrons. The SMILES string of the molecule is [2H]c1c([2H])c([2H])c(-c2cccc(-c3cc(C(C)(C)C)cc(C(C)(C)C)c3)c2-[n+]2[c-]n(-c3[c-]c(Oc4[c-]c5c(cc4)c4cc(-n6c7ccccc7c7ccccc76)ccc4n5-c4cc(C([2H])(C)C(C)(C)C)ccn4)ccc3)c3ccccc32)c([2H])c1[2H].[Pt]. The van der Waals surface area contributed by atoms with E-state index in [9.17, 15) is 4.11 Å². The Morgan fingerprint density at radius 3 is 1.85 bits per heavy atom. The number of imidazole rings is 1. The van der Waals surface area contributed by atoms with Gasteiger partial charge in [0.05, 0.1) is 34.6 Å². The van der Waals surface area contributed by atoms with Gasteiger partial charge in [0.1, 0.15) is 5.82 Å². The summed E-state index contributed by atoms with van der Waals surface area (Å²) in [7, 11) is 0. The molecule has 6 nitrogen and oxygen atoms in total. The van der Waals surface area contributed by atoms with Gasteiger partial charge in [-0.2, -0.15) is 18.2 Å². The molecule has 0 amide bonds. The van der Waals surface area contributed by atoms with Crippen LogP contribution in [0.5, 0.6) is 11.5 Å². The first-order chi connectivity index (χ1) is 40.9. The van der Waals surface area contributed by atoms with Gasteiger partial charge in [-0.25, -0.2) is 4.98 Å². The Bertz CT molecular complexity index is 4800. The molecule has 81 heavy (non-hydrogen) atoms. The van der Waals surface area contributed by atoms with Gasteiger partial charge in [-0.1, -0.05) is 202 Å². The third-order valence-electron chi connectivity index (χ3n) is 15.8. The predicted molar refractivity (Wildman–Crippen MR) is 330 cm³/mol. The summed E-state index contributed by atoms with van der Waals surface area (Å²) in [4.78, 5) is 4.99. The molecule has 0 N–H and O–H groups in total. The Morgan fingerprint density at radius 2 is 1.17 bits per heavy atom. The molecule has 13 rings (SSSR count). The van der Waals surface area contributed by atoms with Crippen molar-refractivity contribution in [2.45, 2.75) is 86.0 Å². The van der Waals surface area contributed by atoms with Crippen LogP contribution in [0, 0.1) is 23.9 Å². The van der Waals surface area contributed by atoms with Crippen molar-refractivity contribution in [2.75, 3.05) is 0 Å². The second-order valence-corrected chi connectivity index (χ2v) is 24.0. The third kappa shape index (κ3) is 9.57. The van der Waals surface area contributed by atoms with Crippen LogP contribution < -0.4 is 9.30 Å². The monoisotopic (exact) mass is 1240 g/mol. The van der Waals surface area contributed by atoms with E-state index in [0.717, 1.165) is 77.4 Å². The van der Waals surface area contributed by atoms with Crippen molar-refractivity contribution in [3.8, 4) is 56.6 Å². The zero-order chi connectivity index (χ0) is 60.5. The van der Waals surface area contributed by atoms with Crippen LogP contribution in [-0.2, 0) is 31.9 Å².